The van der Waals surface area contributed by atoms with Crippen LogP contribution in [0.15, 0.2) is 11.8 Å². The van der Waals surface area contributed by atoms with Gasteiger partial charge in [0.1, 0.15) is 5.76 Å². The van der Waals surface area contributed by atoms with Crippen LogP contribution in [0.4, 0.5) is 0 Å². The third-order valence-corrected chi connectivity index (χ3v) is 4.95. The van der Waals surface area contributed by atoms with Gasteiger partial charge in [-0.15, -0.1) is 0 Å². The molecule has 0 aromatic rings. The Morgan fingerprint density at radius 1 is 1.21 bits per heavy atom. The highest BCUT2D eigenvalue weighted by Crippen LogP contribution is 2.41. The lowest BCUT2D eigenvalue weighted by Crippen LogP contribution is -2.62. The maximum absolute atomic E-state index is 5.87. The number of hydrogen-bond acceptors (Lipinski definition) is 4. The smallest absolute Gasteiger partial charge is 0.111 e. The van der Waals surface area contributed by atoms with E-state index < -0.39 is 0 Å². The molecular weight excluding hydrogens is 240 g/mol. The van der Waals surface area contributed by atoms with E-state index in [1.807, 2.05) is 0 Å². The first-order valence-electron chi connectivity index (χ1n) is 7.70. The summed E-state index contributed by atoms with van der Waals surface area (Å²) in [6.45, 7) is 4.72. The molecule has 4 heteroatoms. The van der Waals surface area contributed by atoms with Crippen LogP contribution in [0.1, 0.15) is 32.1 Å². The first kappa shape index (κ1) is 13.4. The molecule has 108 valence electrons. The second-order valence-corrected chi connectivity index (χ2v) is 5.88. The third-order valence-electron chi connectivity index (χ3n) is 4.95. The lowest BCUT2D eigenvalue weighted by atomic mass is 9.84. The van der Waals surface area contributed by atoms with Crippen LogP contribution in [0.25, 0.3) is 0 Å². The molecular formula is C15H26N2O2. The van der Waals surface area contributed by atoms with Gasteiger partial charge in [-0.2, -0.15) is 0 Å². The molecule has 0 amide bonds. The van der Waals surface area contributed by atoms with Crippen molar-refractivity contribution in [2.45, 2.75) is 43.7 Å². The van der Waals surface area contributed by atoms with Crippen molar-refractivity contribution in [2.75, 3.05) is 40.0 Å². The minimum absolute atomic E-state index is 0.245. The number of hydrogen-bond donors (Lipinski definition) is 1. The van der Waals surface area contributed by atoms with Crippen molar-refractivity contribution < 1.29 is 9.47 Å². The van der Waals surface area contributed by atoms with E-state index >= 15 is 0 Å². The summed E-state index contributed by atoms with van der Waals surface area (Å²) < 4.78 is 11.4. The molecule has 1 aliphatic carbocycles. The fourth-order valence-electron chi connectivity index (χ4n) is 4.10. The van der Waals surface area contributed by atoms with E-state index in [9.17, 15) is 0 Å². The Bertz CT molecular complexity index is 331. The zero-order valence-corrected chi connectivity index (χ0v) is 12.0. The summed E-state index contributed by atoms with van der Waals surface area (Å²) in [5.41, 5.74) is 0.245. The molecule has 3 aliphatic rings. The standard InChI is InChI=1S/C15H26N2O2/c1-16-14(13-5-4-10-19-13)15(6-2-3-7-15)17-8-11-18-12-9-17/h5,14,16H,2-4,6-12H2,1H3. The lowest BCUT2D eigenvalue weighted by Gasteiger charge is -2.48. The van der Waals surface area contributed by atoms with Gasteiger partial charge in [-0.3, -0.25) is 4.90 Å². The minimum Gasteiger partial charge on any atom is -0.496 e. The van der Waals surface area contributed by atoms with Gasteiger partial charge in [0.2, 0.25) is 0 Å². The number of morpholine rings is 1. The van der Waals surface area contributed by atoms with Crippen molar-refractivity contribution in [3.63, 3.8) is 0 Å². The van der Waals surface area contributed by atoms with Crippen molar-refractivity contribution in [1.29, 1.82) is 0 Å². The maximum Gasteiger partial charge on any atom is 0.111 e. The van der Waals surface area contributed by atoms with E-state index in [-0.39, 0.29) is 5.54 Å². The van der Waals surface area contributed by atoms with Gasteiger partial charge in [0.25, 0.3) is 0 Å². The highest BCUT2D eigenvalue weighted by atomic mass is 16.5. The average molecular weight is 266 g/mol. The van der Waals surface area contributed by atoms with Crippen molar-refractivity contribution in [1.82, 2.24) is 10.2 Å². The van der Waals surface area contributed by atoms with Gasteiger partial charge in [-0.1, -0.05) is 12.8 Å². The molecule has 0 radical (unpaired) electrons. The number of ether oxygens (including phenoxy) is 2. The molecule has 0 aromatic carbocycles. The topological polar surface area (TPSA) is 33.7 Å². The van der Waals surface area contributed by atoms with E-state index in [2.05, 4.69) is 23.3 Å². The van der Waals surface area contributed by atoms with Gasteiger partial charge < -0.3 is 14.8 Å². The lowest BCUT2D eigenvalue weighted by molar-refractivity contribution is -0.0361. The maximum atomic E-state index is 5.87. The van der Waals surface area contributed by atoms with Gasteiger partial charge in [0, 0.05) is 25.0 Å². The second-order valence-electron chi connectivity index (χ2n) is 5.88. The molecule has 2 aliphatic heterocycles. The molecule has 2 fully saturated rings. The fraction of sp³-hybridized carbons (Fsp3) is 0.867. The van der Waals surface area contributed by atoms with Crippen LogP contribution in [-0.4, -0.2) is 56.4 Å². The van der Waals surface area contributed by atoms with Crippen LogP contribution in [0.5, 0.6) is 0 Å². The van der Waals surface area contributed by atoms with Crippen molar-refractivity contribution in [3.8, 4) is 0 Å². The predicted octanol–water partition coefficient (Wildman–Crippen LogP) is 1.52. The van der Waals surface area contributed by atoms with Crippen molar-refractivity contribution in [3.05, 3.63) is 11.8 Å². The molecule has 0 spiro atoms. The first-order chi connectivity index (χ1) is 9.37. The third kappa shape index (κ3) is 2.41. The molecule has 1 atom stereocenters. The molecule has 0 bridgehead atoms. The summed E-state index contributed by atoms with van der Waals surface area (Å²) in [4.78, 5) is 2.66. The van der Waals surface area contributed by atoms with E-state index in [0.29, 0.717) is 6.04 Å². The van der Waals surface area contributed by atoms with Crippen LogP contribution < -0.4 is 5.32 Å². The molecule has 2 heterocycles. The Balaban J connectivity index is 1.85. The molecule has 0 aromatic heterocycles. The summed E-state index contributed by atoms with van der Waals surface area (Å²) in [6.07, 6.45) is 8.57. The number of rotatable bonds is 4. The van der Waals surface area contributed by atoms with Crippen molar-refractivity contribution in [2.24, 2.45) is 0 Å². The average Bonchev–Trinajstić information content (AvgIpc) is 3.13. The molecule has 3 rings (SSSR count). The Morgan fingerprint density at radius 3 is 2.53 bits per heavy atom. The zero-order valence-electron chi connectivity index (χ0n) is 12.0. The van der Waals surface area contributed by atoms with Gasteiger partial charge in [-0.25, -0.2) is 0 Å². The van der Waals surface area contributed by atoms with Crippen LogP contribution >= 0.6 is 0 Å². The van der Waals surface area contributed by atoms with E-state index in [4.69, 9.17) is 9.47 Å². The largest absolute Gasteiger partial charge is 0.496 e. The van der Waals surface area contributed by atoms with Gasteiger partial charge in [0.05, 0.1) is 25.9 Å². The monoisotopic (exact) mass is 266 g/mol. The summed E-state index contributed by atoms with van der Waals surface area (Å²) in [5.74, 6) is 1.18. The normalized spacial score (nSPS) is 29.0. The zero-order chi connectivity index (χ0) is 13.1. The summed E-state index contributed by atoms with van der Waals surface area (Å²) in [6, 6.07) is 0.343. The van der Waals surface area contributed by atoms with Gasteiger partial charge in [0.15, 0.2) is 0 Å². The fourth-order valence-corrected chi connectivity index (χ4v) is 4.10. The number of nitrogens with zero attached hydrogens (tertiary/aromatic N) is 1. The van der Waals surface area contributed by atoms with Crippen molar-refractivity contribution >= 4 is 0 Å². The van der Waals surface area contributed by atoms with Gasteiger partial charge in [-0.05, 0) is 26.0 Å². The molecule has 1 saturated carbocycles. The molecule has 19 heavy (non-hydrogen) atoms. The van der Waals surface area contributed by atoms with E-state index in [1.54, 1.807) is 0 Å². The Morgan fingerprint density at radius 2 is 1.95 bits per heavy atom. The molecule has 1 N–H and O–H groups in total. The second kappa shape index (κ2) is 5.81. The predicted molar refractivity (Wildman–Crippen MR) is 75.1 cm³/mol. The molecule has 1 saturated heterocycles. The Kier molecular flexibility index (Phi) is 4.10. The van der Waals surface area contributed by atoms with Crippen LogP contribution in [0.3, 0.4) is 0 Å². The highest BCUT2D eigenvalue weighted by Gasteiger charge is 2.48. The highest BCUT2D eigenvalue weighted by molar-refractivity contribution is 5.18. The van der Waals surface area contributed by atoms with Gasteiger partial charge >= 0.3 is 0 Å². The Hall–Kier alpha value is -0.580. The minimum atomic E-state index is 0.245. The first-order valence-corrected chi connectivity index (χ1v) is 7.70. The SMILES string of the molecule is CNC(C1=CCCO1)C1(N2CCOCC2)CCCC1. The number of nitrogens with one attached hydrogen (secondary N) is 1. The molecule has 1 unspecified atom stereocenters. The Labute approximate surface area is 116 Å². The summed E-state index contributed by atoms with van der Waals surface area (Å²) in [7, 11) is 2.08. The van der Waals surface area contributed by atoms with Crippen LogP contribution in [0, 0.1) is 0 Å². The summed E-state index contributed by atoms with van der Waals surface area (Å²) >= 11 is 0. The van der Waals surface area contributed by atoms with E-state index in [0.717, 1.165) is 39.3 Å². The quantitative estimate of drug-likeness (QED) is 0.836. The van der Waals surface area contributed by atoms with Crippen LogP contribution in [0.2, 0.25) is 0 Å². The van der Waals surface area contributed by atoms with Crippen LogP contribution in [-0.2, 0) is 9.47 Å². The number of likely N-dealkylation sites (N-methyl/N-ethyl adjacent to an activating group) is 1. The molecule has 4 nitrogen and oxygen atoms in total. The summed E-state index contributed by atoms with van der Waals surface area (Å²) in [5, 5.41) is 3.55. The van der Waals surface area contributed by atoms with E-state index in [1.165, 1.54) is 31.4 Å².